The maximum atomic E-state index is 13.1. The lowest BCUT2D eigenvalue weighted by molar-refractivity contribution is -0.141. The van der Waals surface area contributed by atoms with Crippen LogP contribution in [0.15, 0.2) is 48.8 Å². The number of nitrogens with one attached hydrogen (secondary N) is 3. The van der Waals surface area contributed by atoms with Gasteiger partial charge in [0.2, 0.25) is 0 Å². The van der Waals surface area contributed by atoms with Crippen molar-refractivity contribution in [3.8, 4) is 11.1 Å². The lowest BCUT2D eigenvalue weighted by atomic mass is 9.92. The van der Waals surface area contributed by atoms with Crippen LogP contribution < -0.4 is 16.0 Å². The van der Waals surface area contributed by atoms with E-state index in [1.54, 1.807) is 38.4 Å². The Kier molecular flexibility index (Phi) is 5.59. The van der Waals surface area contributed by atoms with Crippen LogP contribution in [0.2, 0.25) is 0 Å². The summed E-state index contributed by atoms with van der Waals surface area (Å²) in [7, 11) is 1.66. The number of halogens is 3. The summed E-state index contributed by atoms with van der Waals surface area (Å²) in [5, 5.41) is 11.7. The average Bonchev–Trinajstić information content (AvgIpc) is 3.28. The molecule has 0 aliphatic carbocycles. The van der Waals surface area contributed by atoms with E-state index in [-0.39, 0.29) is 17.8 Å². The van der Waals surface area contributed by atoms with Gasteiger partial charge < -0.3 is 10.6 Å². The molecule has 1 aliphatic rings. The number of imide groups is 1. The summed E-state index contributed by atoms with van der Waals surface area (Å²) in [6, 6.07) is 7.63. The molecular formula is C22H19F3N6O3. The van der Waals surface area contributed by atoms with Crippen LogP contribution in [-0.4, -0.2) is 39.2 Å². The molecule has 1 atom stereocenters. The number of alkyl halides is 3. The Balaban J connectivity index is 1.63. The zero-order chi connectivity index (χ0) is 24.7. The Morgan fingerprint density at radius 1 is 1.18 bits per heavy atom. The molecule has 2 aromatic heterocycles. The molecule has 3 aromatic rings. The fourth-order valence-electron chi connectivity index (χ4n) is 3.86. The van der Waals surface area contributed by atoms with E-state index in [4.69, 9.17) is 0 Å². The fraction of sp³-hybridized carbons (Fsp3) is 0.227. The van der Waals surface area contributed by atoms with Crippen LogP contribution in [0.3, 0.4) is 0 Å². The van der Waals surface area contributed by atoms with E-state index >= 15 is 0 Å². The van der Waals surface area contributed by atoms with Crippen molar-refractivity contribution < 1.29 is 27.6 Å². The highest BCUT2D eigenvalue weighted by molar-refractivity contribution is 6.08. The van der Waals surface area contributed by atoms with E-state index in [0.29, 0.717) is 16.7 Å². The van der Waals surface area contributed by atoms with E-state index in [1.807, 2.05) is 0 Å². The van der Waals surface area contributed by atoms with Crippen molar-refractivity contribution in [1.82, 2.24) is 30.7 Å². The molecule has 0 radical (unpaired) electrons. The summed E-state index contributed by atoms with van der Waals surface area (Å²) in [5.41, 5.74) is -0.951. The summed E-state index contributed by atoms with van der Waals surface area (Å²) in [4.78, 5) is 41.2. The molecule has 0 saturated carbocycles. The van der Waals surface area contributed by atoms with Gasteiger partial charge in [0.1, 0.15) is 11.4 Å². The molecule has 4 amide bonds. The zero-order valence-corrected chi connectivity index (χ0v) is 18.0. The first kappa shape index (κ1) is 23.0. The Morgan fingerprint density at radius 2 is 1.91 bits per heavy atom. The second-order valence-electron chi connectivity index (χ2n) is 7.81. The summed E-state index contributed by atoms with van der Waals surface area (Å²) in [6.07, 6.45) is -1.87. The number of nitrogens with zero attached hydrogens (tertiary/aromatic N) is 3. The molecule has 4 rings (SSSR count). The van der Waals surface area contributed by atoms with Crippen molar-refractivity contribution >= 4 is 17.8 Å². The summed E-state index contributed by atoms with van der Waals surface area (Å²) in [5.74, 6) is -1.27. The summed E-state index contributed by atoms with van der Waals surface area (Å²) in [6.45, 7) is 1.41. The molecule has 1 fully saturated rings. The third-order valence-corrected chi connectivity index (χ3v) is 5.41. The van der Waals surface area contributed by atoms with Crippen molar-refractivity contribution in [3.05, 3.63) is 71.3 Å². The van der Waals surface area contributed by atoms with Crippen molar-refractivity contribution in [2.75, 3.05) is 6.54 Å². The average molecular weight is 472 g/mol. The van der Waals surface area contributed by atoms with E-state index in [2.05, 4.69) is 26.0 Å². The number of aryl methyl sites for hydroxylation is 2. The number of hydrogen-bond donors (Lipinski definition) is 3. The van der Waals surface area contributed by atoms with Crippen LogP contribution in [0.4, 0.5) is 18.0 Å². The molecular weight excluding hydrogens is 453 g/mol. The minimum atomic E-state index is -4.58. The Labute approximate surface area is 191 Å². The van der Waals surface area contributed by atoms with Crippen LogP contribution in [0.25, 0.3) is 11.1 Å². The van der Waals surface area contributed by atoms with Gasteiger partial charge in [0.05, 0.1) is 6.54 Å². The van der Waals surface area contributed by atoms with E-state index in [0.717, 1.165) is 12.3 Å². The molecule has 0 bridgehead atoms. The molecule has 1 saturated heterocycles. The smallest absolute Gasteiger partial charge is 0.349 e. The molecule has 176 valence electrons. The van der Waals surface area contributed by atoms with Gasteiger partial charge in [-0.25, -0.2) is 4.79 Å². The molecule has 3 N–H and O–H groups in total. The van der Waals surface area contributed by atoms with Crippen LogP contribution in [0.1, 0.15) is 27.3 Å². The van der Waals surface area contributed by atoms with E-state index in [1.165, 1.54) is 16.8 Å². The highest BCUT2D eigenvalue weighted by Gasteiger charge is 2.50. The van der Waals surface area contributed by atoms with Gasteiger partial charge in [-0.2, -0.15) is 18.3 Å². The Bertz CT molecular complexity index is 1290. The van der Waals surface area contributed by atoms with Crippen LogP contribution in [0.5, 0.6) is 0 Å². The molecule has 12 heteroatoms. The van der Waals surface area contributed by atoms with Crippen molar-refractivity contribution in [2.45, 2.75) is 18.6 Å². The maximum absolute atomic E-state index is 13.1. The molecule has 1 aliphatic heterocycles. The molecule has 0 spiro atoms. The van der Waals surface area contributed by atoms with E-state index in [9.17, 15) is 27.6 Å². The van der Waals surface area contributed by atoms with E-state index < -0.39 is 35.3 Å². The Hall–Kier alpha value is -4.22. The van der Waals surface area contributed by atoms with Crippen LogP contribution in [0, 0.1) is 6.92 Å². The lowest BCUT2D eigenvalue weighted by Crippen LogP contribution is -2.53. The zero-order valence-electron chi connectivity index (χ0n) is 18.0. The standard InChI is InChI=1S/C22H19F3N6O3/c1-12-10-31(2)30-17(12)21(19(33)28-20(34)29-21)11-27-18(32)15-6-4-3-5-14(15)13-7-8-16(26-9-13)22(23,24)25/h3-10H,11H2,1-2H3,(H,27,32)(H2,28,29,33,34)/t21-/m1/s1. The summed E-state index contributed by atoms with van der Waals surface area (Å²) >= 11 is 0. The number of carbonyl (C=O) groups is 3. The lowest BCUT2D eigenvalue weighted by Gasteiger charge is -2.25. The number of rotatable bonds is 5. The van der Waals surface area contributed by atoms with Gasteiger partial charge in [-0.1, -0.05) is 24.3 Å². The number of carbonyl (C=O) groups excluding carboxylic acids is 3. The number of amides is 4. The first-order chi connectivity index (χ1) is 16.0. The number of hydrogen-bond acceptors (Lipinski definition) is 5. The highest BCUT2D eigenvalue weighted by atomic mass is 19.4. The third kappa shape index (κ3) is 4.09. The molecule has 3 heterocycles. The first-order valence-electron chi connectivity index (χ1n) is 10.1. The second kappa shape index (κ2) is 8.28. The Morgan fingerprint density at radius 3 is 2.47 bits per heavy atom. The predicted octanol–water partition coefficient (Wildman–Crippen LogP) is 2.27. The minimum Gasteiger partial charge on any atom is -0.349 e. The molecule has 34 heavy (non-hydrogen) atoms. The van der Waals surface area contributed by atoms with Crippen molar-refractivity contribution in [3.63, 3.8) is 0 Å². The number of aromatic nitrogens is 3. The maximum Gasteiger partial charge on any atom is 0.433 e. The van der Waals surface area contributed by atoms with Gasteiger partial charge in [0.15, 0.2) is 5.54 Å². The monoisotopic (exact) mass is 472 g/mol. The molecule has 1 aromatic carbocycles. The molecule has 0 unspecified atom stereocenters. The largest absolute Gasteiger partial charge is 0.433 e. The van der Waals surface area contributed by atoms with Gasteiger partial charge in [0, 0.05) is 30.6 Å². The first-order valence-corrected chi connectivity index (χ1v) is 10.1. The van der Waals surface area contributed by atoms with Crippen molar-refractivity contribution in [2.24, 2.45) is 7.05 Å². The fourth-order valence-corrected chi connectivity index (χ4v) is 3.86. The predicted molar refractivity (Wildman–Crippen MR) is 113 cm³/mol. The number of pyridine rings is 1. The van der Waals surface area contributed by atoms with Crippen LogP contribution in [-0.2, 0) is 23.6 Å². The number of benzene rings is 1. The summed E-state index contributed by atoms with van der Waals surface area (Å²) < 4.78 is 40.0. The third-order valence-electron chi connectivity index (χ3n) is 5.41. The van der Waals surface area contributed by atoms with Gasteiger partial charge in [-0.05, 0) is 30.2 Å². The van der Waals surface area contributed by atoms with Gasteiger partial charge in [-0.3, -0.25) is 24.6 Å². The topological polar surface area (TPSA) is 118 Å². The van der Waals surface area contributed by atoms with Gasteiger partial charge >= 0.3 is 12.2 Å². The second-order valence-corrected chi connectivity index (χ2v) is 7.81. The van der Waals surface area contributed by atoms with Crippen LogP contribution >= 0.6 is 0 Å². The molecule has 9 nitrogen and oxygen atoms in total. The SMILES string of the molecule is Cc1cn(C)nc1[C@@]1(CNC(=O)c2ccccc2-c2ccc(C(F)(F)F)nc2)NC(=O)NC1=O. The highest BCUT2D eigenvalue weighted by Crippen LogP contribution is 2.30. The minimum absolute atomic E-state index is 0.154. The van der Waals surface area contributed by atoms with Gasteiger partial charge in [0.25, 0.3) is 11.8 Å². The van der Waals surface area contributed by atoms with Gasteiger partial charge in [-0.15, -0.1) is 0 Å². The normalized spacial score (nSPS) is 17.9. The number of urea groups is 1. The van der Waals surface area contributed by atoms with Crippen molar-refractivity contribution in [1.29, 1.82) is 0 Å². The quantitative estimate of drug-likeness (QED) is 0.493.